The SMILES string of the molecule is COC(C)C(=O)Nc1cnn(C(C)C)c1. The summed E-state index contributed by atoms with van der Waals surface area (Å²) in [5.41, 5.74) is 0.692. The van der Waals surface area contributed by atoms with Gasteiger partial charge in [0.1, 0.15) is 6.10 Å². The number of rotatable bonds is 4. The number of anilines is 1. The largest absolute Gasteiger partial charge is 0.372 e. The Kier molecular flexibility index (Phi) is 3.85. The second kappa shape index (κ2) is 4.93. The molecule has 0 saturated heterocycles. The van der Waals surface area contributed by atoms with Gasteiger partial charge in [0.15, 0.2) is 0 Å². The minimum atomic E-state index is -0.451. The van der Waals surface area contributed by atoms with Crippen molar-refractivity contribution in [3.63, 3.8) is 0 Å². The fourth-order valence-corrected chi connectivity index (χ4v) is 1.04. The average molecular weight is 211 g/mol. The van der Waals surface area contributed by atoms with Crippen molar-refractivity contribution in [2.75, 3.05) is 12.4 Å². The van der Waals surface area contributed by atoms with Crippen molar-refractivity contribution >= 4 is 11.6 Å². The average Bonchev–Trinajstić information content (AvgIpc) is 2.65. The van der Waals surface area contributed by atoms with Crippen LogP contribution in [-0.4, -0.2) is 28.9 Å². The molecule has 0 aliphatic heterocycles. The molecule has 0 fully saturated rings. The molecule has 1 rings (SSSR count). The zero-order valence-electron chi connectivity index (χ0n) is 9.52. The van der Waals surface area contributed by atoms with Crippen LogP contribution in [0.15, 0.2) is 12.4 Å². The highest BCUT2D eigenvalue weighted by Gasteiger charge is 2.12. The topological polar surface area (TPSA) is 56.1 Å². The summed E-state index contributed by atoms with van der Waals surface area (Å²) in [6.45, 7) is 5.75. The molecule has 1 atom stereocenters. The molecule has 84 valence electrons. The highest BCUT2D eigenvalue weighted by Crippen LogP contribution is 2.10. The second-order valence-corrected chi connectivity index (χ2v) is 3.67. The molecule has 0 aliphatic carbocycles. The van der Waals surface area contributed by atoms with Crippen LogP contribution in [0.3, 0.4) is 0 Å². The van der Waals surface area contributed by atoms with E-state index in [0.29, 0.717) is 5.69 Å². The minimum Gasteiger partial charge on any atom is -0.372 e. The van der Waals surface area contributed by atoms with Gasteiger partial charge in [-0.15, -0.1) is 0 Å². The molecule has 0 saturated carbocycles. The molecular weight excluding hydrogens is 194 g/mol. The summed E-state index contributed by atoms with van der Waals surface area (Å²) >= 11 is 0. The Balaban J connectivity index is 2.61. The number of hydrogen-bond acceptors (Lipinski definition) is 3. The lowest BCUT2D eigenvalue weighted by Gasteiger charge is -2.08. The van der Waals surface area contributed by atoms with Gasteiger partial charge < -0.3 is 10.1 Å². The van der Waals surface area contributed by atoms with E-state index in [4.69, 9.17) is 4.74 Å². The highest BCUT2D eigenvalue weighted by atomic mass is 16.5. The number of carbonyl (C=O) groups is 1. The number of amides is 1. The summed E-state index contributed by atoms with van der Waals surface area (Å²) in [4.78, 5) is 11.4. The number of methoxy groups -OCH3 is 1. The van der Waals surface area contributed by atoms with E-state index >= 15 is 0 Å². The lowest BCUT2D eigenvalue weighted by molar-refractivity contribution is -0.124. The standard InChI is InChI=1S/C10H17N3O2/c1-7(2)13-6-9(5-11-13)12-10(14)8(3)15-4/h5-8H,1-4H3,(H,12,14). The zero-order valence-corrected chi connectivity index (χ0v) is 9.52. The number of carbonyl (C=O) groups excluding carboxylic acids is 1. The van der Waals surface area contributed by atoms with Crippen molar-refractivity contribution in [3.05, 3.63) is 12.4 Å². The summed E-state index contributed by atoms with van der Waals surface area (Å²) in [5.74, 6) is -0.166. The first-order chi connectivity index (χ1) is 7.04. The summed E-state index contributed by atoms with van der Waals surface area (Å²) in [6, 6.07) is 0.288. The van der Waals surface area contributed by atoms with Crippen LogP contribution in [0.4, 0.5) is 5.69 Å². The van der Waals surface area contributed by atoms with Gasteiger partial charge in [0.25, 0.3) is 5.91 Å². The fourth-order valence-electron chi connectivity index (χ4n) is 1.04. The Morgan fingerprint density at radius 2 is 2.20 bits per heavy atom. The van der Waals surface area contributed by atoms with Crippen LogP contribution >= 0.6 is 0 Å². The molecule has 1 aromatic heterocycles. The third-order valence-electron chi connectivity index (χ3n) is 2.12. The molecular formula is C10H17N3O2. The van der Waals surface area contributed by atoms with E-state index in [-0.39, 0.29) is 11.9 Å². The van der Waals surface area contributed by atoms with Crippen molar-refractivity contribution in [2.45, 2.75) is 32.9 Å². The third-order valence-corrected chi connectivity index (χ3v) is 2.12. The Morgan fingerprint density at radius 1 is 1.53 bits per heavy atom. The van der Waals surface area contributed by atoms with Crippen LogP contribution in [0.5, 0.6) is 0 Å². The van der Waals surface area contributed by atoms with E-state index in [0.717, 1.165) is 0 Å². The smallest absolute Gasteiger partial charge is 0.253 e. The van der Waals surface area contributed by atoms with Crippen molar-refractivity contribution in [3.8, 4) is 0 Å². The van der Waals surface area contributed by atoms with Gasteiger partial charge in [-0.1, -0.05) is 0 Å². The lowest BCUT2D eigenvalue weighted by Crippen LogP contribution is -2.26. The predicted molar refractivity (Wildman–Crippen MR) is 57.7 cm³/mol. The van der Waals surface area contributed by atoms with Crippen LogP contribution in [-0.2, 0) is 9.53 Å². The first-order valence-electron chi connectivity index (χ1n) is 4.92. The lowest BCUT2D eigenvalue weighted by atomic mass is 10.3. The summed E-state index contributed by atoms with van der Waals surface area (Å²) < 4.78 is 6.68. The Morgan fingerprint density at radius 3 is 2.67 bits per heavy atom. The Bertz CT molecular complexity index is 333. The number of nitrogens with zero attached hydrogens (tertiary/aromatic N) is 2. The van der Waals surface area contributed by atoms with Crippen LogP contribution in [0.1, 0.15) is 26.8 Å². The van der Waals surface area contributed by atoms with Crippen LogP contribution < -0.4 is 5.32 Å². The summed E-state index contributed by atoms with van der Waals surface area (Å²) in [5, 5.41) is 6.84. The zero-order chi connectivity index (χ0) is 11.4. The van der Waals surface area contributed by atoms with Gasteiger partial charge in [-0.05, 0) is 20.8 Å². The van der Waals surface area contributed by atoms with Crippen LogP contribution in [0.25, 0.3) is 0 Å². The molecule has 0 radical (unpaired) electrons. The quantitative estimate of drug-likeness (QED) is 0.819. The molecule has 0 spiro atoms. The third kappa shape index (κ3) is 3.06. The van der Waals surface area contributed by atoms with Crippen molar-refractivity contribution < 1.29 is 9.53 Å². The van der Waals surface area contributed by atoms with Crippen molar-refractivity contribution in [1.82, 2.24) is 9.78 Å². The molecule has 15 heavy (non-hydrogen) atoms. The maximum Gasteiger partial charge on any atom is 0.253 e. The molecule has 1 aromatic rings. The second-order valence-electron chi connectivity index (χ2n) is 3.67. The van der Waals surface area contributed by atoms with E-state index in [1.807, 2.05) is 13.8 Å². The van der Waals surface area contributed by atoms with Gasteiger partial charge in [-0.25, -0.2) is 0 Å². The van der Waals surface area contributed by atoms with E-state index in [9.17, 15) is 4.79 Å². The van der Waals surface area contributed by atoms with Crippen LogP contribution in [0.2, 0.25) is 0 Å². The van der Waals surface area contributed by atoms with E-state index in [1.165, 1.54) is 7.11 Å². The molecule has 5 heteroatoms. The monoisotopic (exact) mass is 211 g/mol. The molecule has 1 N–H and O–H groups in total. The minimum absolute atomic E-state index is 0.166. The molecule has 0 aliphatic rings. The Labute approximate surface area is 89.4 Å². The number of aromatic nitrogens is 2. The van der Waals surface area contributed by atoms with Crippen LogP contribution in [0, 0.1) is 0 Å². The number of ether oxygens (including phenoxy) is 1. The maximum atomic E-state index is 11.4. The van der Waals surface area contributed by atoms with E-state index in [2.05, 4.69) is 10.4 Å². The molecule has 1 heterocycles. The van der Waals surface area contributed by atoms with Gasteiger partial charge in [-0.2, -0.15) is 5.10 Å². The van der Waals surface area contributed by atoms with Crippen molar-refractivity contribution in [2.24, 2.45) is 0 Å². The highest BCUT2D eigenvalue weighted by molar-refractivity contribution is 5.93. The molecule has 0 aromatic carbocycles. The number of hydrogen-bond donors (Lipinski definition) is 1. The fraction of sp³-hybridized carbons (Fsp3) is 0.600. The number of nitrogens with one attached hydrogen (secondary N) is 1. The van der Waals surface area contributed by atoms with Gasteiger partial charge in [-0.3, -0.25) is 9.48 Å². The van der Waals surface area contributed by atoms with Gasteiger partial charge in [0.2, 0.25) is 0 Å². The predicted octanol–water partition coefficient (Wildman–Crippen LogP) is 1.44. The van der Waals surface area contributed by atoms with E-state index < -0.39 is 6.10 Å². The summed E-state index contributed by atoms with van der Waals surface area (Å²) in [7, 11) is 1.50. The molecule has 5 nitrogen and oxygen atoms in total. The van der Waals surface area contributed by atoms with Gasteiger partial charge in [0, 0.05) is 19.3 Å². The summed E-state index contributed by atoms with van der Waals surface area (Å²) in [6.07, 6.45) is 2.97. The normalized spacial score (nSPS) is 12.9. The maximum absolute atomic E-state index is 11.4. The Hall–Kier alpha value is -1.36. The van der Waals surface area contributed by atoms with E-state index in [1.54, 1.807) is 24.0 Å². The molecule has 1 amide bonds. The van der Waals surface area contributed by atoms with Crippen molar-refractivity contribution in [1.29, 1.82) is 0 Å². The molecule has 0 bridgehead atoms. The molecule has 1 unspecified atom stereocenters. The first-order valence-corrected chi connectivity index (χ1v) is 4.92. The van der Waals surface area contributed by atoms with Gasteiger partial charge in [0.05, 0.1) is 11.9 Å². The van der Waals surface area contributed by atoms with Gasteiger partial charge >= 0.3 is 0 Å². The first kappa shape index (κ1) is 11.7.